The van der Waals surface area contributed by atoms with Crippen molar-refractivity contribution in [1.82, 2.24) is 25.2 Å². The van der Waals surface area contributed by atoms with Crippen LogP contribution >= 0.6 is 0 Å². The molecule has 0 saturated carbocycles. The number of nitrogens with one attached hydrogen (secondary N) is 1. The Bertz CT molecular complexity index is 797. The Balaban J connectivity index is 2.15. The van der Waals surface area contributed by atoms with E-state index in [4.69, 9.17) is 4.74 Å². The number of aromatic nitrogens is 5. The Hall–Kier alpha value is -3.03. The van der Waals surface area contributed by atoms with Crippen molar-refractivity contribution in [3.05, 3.63) is 48.2 Å². The first-order valence-electron chi connectivity index (χ1n) is 6.58. The first-order chi connectivity index (χ1) is 10.7. The third-order valence-corrected chi connectivity index (χ3v) is 2.98. The predicted molar refractivity (Wildman–Crippen MR) is 74.9 cm³/mol. The van der Waals surface area contributed by atoms with Gasteiger partial charge in [-0.1, -0.05) is 0 Å². The maximum Gasteiger partial charge on any atom is 0.361 e. The molecule has 0 spiro atoms. The number of carbonyl (C=O) groups excluding carboxylic acids is 1. The second-order valence-corrected chi connectivity index (χ2v) is 4.35. The van der Waals surface area contributed by atoms with Crippen LogP contribution in [-0.2, 0) is 4.74 Å². The van der Waals surface area contributed by atoms with E-state index >= 15 is 0 Å². The Morgan fingerprint density at radius 1 is 1.41 bits per heavy atom. The number of ether oxygens (including phenoxy) is 1. The summed E-state index contributed by atoms with van der Waals surface area (Å²) in [7, 11) is 0. The smallest absolute Gasteiger partial charge is 0.361 e. The second-order valence-electron chi connectivity index (χ2n) is 4.35. The van der Waals surface area contributed by atoms with Gasteiger partial charge in [0.15, 0.2) is 5.69 Å². The van der Waals surface area contributed by atoms with Crippen LogP contribution < -0.4 is 0 Å². The van der Waals surface area contributed by atoms with Crippen molar-refractivity contribution in [2.24, 2.45) is 0 Å². The summed E-state index contributed by atoms with van der Waals surface area (Å²) in [6.07, 6.45) is 3.31. The van der Waals surface area contributed by atoms with Crippen molar-refractivity contribution < 1.29 is 13.9 Å². The molecule has 7 nitrogen and oxygen atoms in total. The van der Waals surface area contributed by atoms with Crippen LogP contribution in [0, 0.1) is 5.82 Å². The number of hydrogen-bond donors (Lipinski definition) is 1. The summed E-state index contributed by atoms with van der Waals surface area (Å²) in [5.41, 5.74) is 1.18. The van der Waals surface area contributed by atoms with E-state index in [1.165, 1.54) is 12.1 Å². The van der Waals surface area contributed by atoms with Gasteiger partial charge in [0.25, 0.3) is 0 Å². The van der Waals surface area contributed by atoms with Crippen LogP contribution in [0.25, 0.3) is 16.9 Å². The van der Waals surface area contributed by atoms with Gasteiger partial charge >= 0.3 is 5.97 Å². The Morgan fingerprint density at radius 3 is 3.00 bits per heavy atom. The van der Waals surface area contributed by atoms with Gasteiger partial charge in [0.05, 0.1) is 12.3 Å². The zero-order valence-corrected chi connectivity index (χ0v) is 11.7. The number of aromatic amines is 1. The van der Waals surface area contributed by atoms with E-state index in [1.54, 1.807) is 36.1 Å². The van der Waals surface area contributed by atoms with Crippen molar-refractivity contribution in [3.8, 4) is 16.9 Å². The largest absolute Gasteiger partial charge is 0.461 e. The highest BCUT2D eigenvalue weighted by Gasteiger charge is 2.22. The topological polar surface area (TPSA) is 85.7 Å². The summed E-state index contributed by atoms with van der Waals surface area (Å²) in [5.74, 6) is -1.08. The molecule has 0 bridgehead atoms. The molecule has 112 valence electrons. The first kappa shape index (κ1) is 13.9. The number of carbonyl (C=O) groups is 1. The molecule has 0 radical (unpaired) electrons. The summed E-state index contributed by atoms with van der Waals surface area (Å²) in [5, 5.41) is 14.2. The van der Waals surface area contributed by atoms with E-state index in [0.29, 0.717) is 11.3 Å². The van der Waals surface area contributed by atoms with Crippen molar-refractivity contribution in [1.29, 1.82) is 0 Å². The molecule has 1 aromatic carbocycles. The monoisotopic (exact) mass is 301 g/mol. The lowest BCUT2D eigenvalue weighted by Crippen LogP contribution is -2.08. The molecule has 3 aromatic rings. The molecule has 0 aliphatic rings. The number of halogens is 1. The standard InChI is InChI=1S/C14H12FN5O2/c1-2-22-14(21)13-12(17-19-18-13)10-8-9(15)4-5-11(10)20-7-3-6-16-20/h3-8H,2H2,1H3,(H,17,18,19). The maximum atomic E-state index is 13.7. The van der Waals surface area contributed by atoms with E-state index in [9.17, 15) is 9.18 Å². The molecular weight excluding hydrogens is 289 g/mol. The van der Waals surface area contributed by atoms with Crippen LogP contribution in [-0.4, -0.2) is 37.8 Å². The van der Waals surface area contributed by atoms with Gasteiger partial charge in [0.2, 0.25) is 0 Å². The lowest BCUT2D eigenvalue weighted by molar-refractivity contribution is 0.0520. The van der Waals surface area contributed by atoms with Crippen LogP contribution in [0.15, 0.2) is 36.7 Å². The molecular formula is C14H12FN5O2. The quantitative estimate of drug-likeness (QED) is 0.745. The highest BCUT2D eigenvalue weighted by molar-refractivity contribution is 5.95. The lowest BCUT2D eigenvalue weighted by atomic mass is 10.1. The third-order valence-electron chi connectivity index (χ3n) is 2.98. The number of benzene rings is 1. The van der Waals surface area contributed by atoms with Crippen molar-refractivity contribution >= 4 is 5.97 Å². The van der Waals surface area contributed by atoms with Crippen LogP contribution in [0.5, 0.6) is 0 Å². The van der Waals surface area contributed by atoms with Crippen LogP contribution in [0.1, 0.15) is 17.4 Å². The van der Waals surface area contributed by atoms with Gasteiger partial charge in [-0.3, -0.25) is 0 Å². The number of H-pyrrole nitrogens is 1. The molecule has 0 atom stereocenters. The van der Waals surface area contributed by atoms with Crippen LogP contribution in [0.2, 0.25) is 0 Å². The maximum absolute atomic E-state index is 13.7. The van der Waals surface area contributed by atoms with Gasteiger partial charge in [-0.05, 0) is 31.2 Å². The molecule has 3 rings (SSSR count). The third kappa shape index (κ3) is 2.46. The van der Waals surface area contributed by atoms with Crippen molar-refractivity contribution in [2.75, 3.05) is 6.61 Å². The lowest BCUT2D eigenvalue weighted by Gasteiger charge is -2.08. The molecule has 0 saturated heterocycles. The van der Waals surface area contributed by atoms with E-state index in [0.717, 1.165) is 0 Å². The highest BCUT2D eigenvalue weighted by Crippen LogP contribution is 2.28. The molecule has 0 unspecified atom stereocenters. The van der Waals surface area contributed by atoms with Gasteiger partial charge in [0, 0.05) is 18.0 Å². The van der Waals surface area contributed by atoms with Crippen molar-refractivity contribution in [2.45, 2.75) is 6.92 Å². The molecule has 8 heteroatoms. The minimum Gasteiger partial charge on any atom is -0.461 e. The van der Waals surface area contributed by atoms with Crippen molar-refractivity contribution in [3.63, 3.8) is 0 Å². The number of nitrogens with zero attached hydrogens (tertiary/aromatic N) is 4. The van der Waals surface area contributed by atoms with E-state index in [1.807, 2.05) is 0 Å². The number of esters is 1. The molecule has 2 aromatic heterocycles. The fraction of sp³-hybridized carbons (Fsp3) is 0.143. The summed E-state index contributed by atoms with van der Waals surface area (Å²) in [6, 6.07) is 5.88. The molecule has 22 heavy (non-hydrogen) atoms. The highest BCUT2D eigenvalue weighted by atomic mass is 19.1. The fourth-order valence-electron chi connectivity index (χ4n) is 2.07. The summed E-state index contributed by atoms with van der Waals surface area (Å²) >= 11 is 0. The predicted octanol–water partition coefficient (Wildman–Crippen LogP) is 1.97. The summed E-state index contributed by atoms with van der Waals surface area (Å²) in [6.45, 7) is 1.90. The molecule has 2 heterocycles. The Kier molecular flexibility index (Phi) is 3.65. The number of hydrogen-bond acceptors (Lipinski definition) is 5. The summed E-state index contributed by atoms with van der Waals surface area (Å²) in [4.78, 5) is 11.9. The minimum absolute atomic E-state index is 0.000793. The van der Waals surface area contributed by atoms with Crippen LogP contribution in [0.4, 0.5) is 4.39 Å². The summed E-state index contributed by atoms with van der Waals surface area (Å²) < 4.78 is 20.1. The van der Waals surface area contributed by atoms with Gasteiger partial charge in [-0.25, -0.2) is 13.9 Å². The average Bonchev–Trinajstić information content (AvgIpc) is 3.19. The molecule has 1 N–H and O–H groups in total. The molecule has 0 aliphatic carbocycles. The molecule has 0 aliphatic heterocycles. The first-order valence-corrected chi connectivity index (χ1v) is 6.58. The SMILES string of the molecule is CCOC(=O)c1n[nH]nc1-c1cc(F)ccc1-n1cccn1. The minimum atomic E-state index is -0.623. The average molecular weight is 301 g/mol. The van der Waals surface area contributed by atoms with E-state index in [2.05, 4.69) is 20.5 Å². The van der Waals surface area contributed by atoms with Gasteiger partial charge < -0.3 is 4.74 Å². The fourth-order valence-corrected chi connectivity index (χ4v) is 2.07. The molecule has 0 amide bonds. The van der Waals surface area contributed by atoms with E-state index < -0.39 is 11.8 Å². The van der Waals surface area contributed by atoms with Crippen LogP contribution in [0.3, 0.4) is 0 Å². The normalized spacial score (nSPS) is 10.6. The zero-order valence-electron chi connectivity index (χ0n) is 11.7. The molecule has 0 fully saturated rings. The zero-order chi connectivity index (χ0) is 15.5. The Morgan fingerprint density at radius 2 is 2.27 bits per heavy atom. The van der Waals surface area contributed by atoms with E-state index in [-0.39, 0.29) is 18.0 Å². The Labute approximate surface area is 124 Å². The van der Waals surface area contributed by atoms with Gasteiger partial charge in [-0.15, -0.1) is 5.10 Å². The second kappa shape index (κ2) is 5.76. The van der Waals surface area contributed by atoms with Gasteiger partial charge in [-0.2, -0.15) is 15.4 Å². The number of rotatable bonds is 4. The van der Waals surface area contributed by atoms with Gasteiger partial charge in [0.1, 0.15) is 11.5 Å².